The van der Waals surface area contributed by atoms with E-state index in [-0.39, 0.29) is 19.0 Å². The summed E-state index contributed by atoms with van der Waals surface area (Å²) in [4.78, 5) is 15.4. The Morgan fingerprint density at radius 2 is 2.12 bits per heavy atom. The molecule has 0 amide bonds. The van der Waals surface area contributed by atoms with Gasteiger partial charge < -0.3 is 24.0 Å². The van der Waals surface area contributed by atoms with Crippen LogP contribution in [-0.4, -0.2) is 63.2 Å². The third-order valence-corrected chi connectivity index (χ3v) is 4.74. The highest BCUT2D eigenvalue weighted by molar-refractivity contribution is 7.52. The van der Waals surface area contributed by atoms with Gasteiger partial charge in [0.2, 0.25) is 0 Å². The highest BCUT2D eigenvalue weighted by Gasteiger charge is 2.44. The van der Waals surface area contributed by atoms with Crippen LogP contribution >= 0.6 is 7.60 Å². The number of hydrogen-bond donors (Lipinski definition) is 4. The van der Waals surface area contributed by atoms with Gasteiger partial charge in [-0.15, -0.1) is 0 Å². The van der Waals surface area contributed by atoms with E-state index < -0.39 is 37.8 Å². The Bertz CT molecular complexity index is 668. The number of hydrogen-bond acceptors (Lipinski definition) is 10. The molecular formula is C12H20N3O8P. The molecule has 11 nitrogen and oxygen atoms in total. The number of anilines is 1. The van der Waals surface area contributed by atoms with Crippen molar-refractivity contribution in [2.75, 3.05) is 25.4 Å². The molecule has 0 aromatic carbocycles. The first-order valence-electron chi connectivity index (χ1n) is 7.16. The number of aliphatic hydroxyl groups excluding tert-OH is 2. The van der Waals surface area contributed by atoms with Crippen molar-refractivity contribution >= 4 is 13.4 Å². The van der Waals surface area contributed by atoms with E-state index in [4.69, 9.17) is 19.0 Å². The zero-order chi connectivity index (χ0) is 17.9. The van der Waals surface area contributed by atoms with Gasteiger partial charge in [-0.2, -0.15) is 4.98 Å². The van der Waals surface area contributed by atoms with E-state index in [1.54, 1.807) is 12.4 Å². The molecule has 0 bridgehead atoms. The molecule has 0 saturated carbocycles. The van der Waals surface area contributed by atoms with Gasteiger partial charge in [0.1, 0.15) is 18.3 Å². The van der Waals surface area contributed by atoms with Crippen LogP contribution in [0.2, 0.25) is 0 Å². The van der Waals surface area contributed by atoms with Gasteiger partial charge in [-0.1, -0.05) is 0 Å². The lowest BCUT2D eigenvalue weighted by Crippen LogP contribution is -2.36. The summed E-state index contributed by atoms with van der Waals surface area (Å²) >= 11 is 0. The Morgan fingerprint density at radius 3 is 2.71 bits per heavy atom. The molecule has 4 N–H and O–H groups in total. The van der Waals surface area contributed by atoms with Crippen LogP contribution in [0, 0.1) is 0 Å². The quantitative estimate of drug-likeness (QED) is 0.369. The fourth-order valence-corrected chi connectivity index (χ4v) is 3.21. The minimum absolute atomic E-state index is 0.0761. The summed E-state index contributed by atoms with van der Waals surface area (Å²) in [6.45, 7) is 2.84. The highest BCUT2D eigenvalue weighted by Crippen LogP contribution is 2.44. The molecule has 1 aromatic heterocycles. The van der Waals surface area contributed by atoms with Crippen LogP contribution in [0.3, 0.4) is 0 Å². The standard InChI is InChI=1S/C12H20N3O8P/c1-3-21-24(2,20)22-6-7-9(16)10(17)11(23-7)15-5-4-8(14-19)13-12(15)18/h4-5,7,9-11,16-17,19H,3,6H2,1-2H3,(H,13,14,18)/t7-,9+,10?,11-,24?/m1/s1. The summed E-state index contributed by atoms with van der Waals surface area (Å²) in [6, 6.07) is 1.28. The van der Waals surface area contributed by atoms with Crippen LogP contribution in [0.25, 0.3) is 0 Å². The summed E-state index contributed by atoms with van der Waals surface area (Å²) in [6.07, 6.45) is -3.76. The first kappa shape index (κ1) is 19.0. The van der Waals surface area contributed by atoms with Gasteiger partial charge in [0.25, 0.3) is 0 Å². The first-order valence-corrected chi connectivity index (χ1v) is 9.15. The maximum Gasteiger partial charge on any atom is 0.351 e. The largest absolute Gasteiger partial charge is 0.387 e. The molecule has 2 rings (SSSR count). The molecule has 0 radical (unpaired) electrons. The molecule has 136 valence electrons. The van der Waals surface area contributed by atoms with Crippen molar-refractivity contribution in [3.05, 3.63) is 22.7 Å². The predicted octanol–water partition coefficient (Wildman–Crippen LogP) is -0.460. The highest BCUT2D eigenvalue weighted by atomic mass is 31.2. The molecule has 1 aromatic rings. The maximum absolute atomic E-state index is 11.9. The average molecular weight is 365 g/mol. The van der Waals surface area contributed by atoms with Crippen LogP contribution in [0.5, 0.6) is 0 Å². The van der Waals surface area contributed by atoms with Crippen molar-refractivity contribution in [3.63, 3.8) is 0 Å². The molecule has 24 heavy (non-hydrogen) atoms. The fraction of sp³-hybridized carbons (Fsp3) is 0.667. The lowest BCUT2D eigenvalue weighted by atomic mass is 10.1. The molecule has 1 aliphatic rings. The molecule has 1 saturated heterocycles. The topological polar surface area (TPSA) is 152 Å². The predicted molar refractivity (Wildman–Crippen MR) is 80.9 cm³/mol. The van der Waals surface area contributed by atoms with Gasteiger partial charge in [-0.3, -0.25) is 19.8 Å². The van der Waals surface area contributed by atoms with Gasteiger partial charge >= 0.3 is 13.3 Å². The van der Waals surface area contributed by atoms with Crippen LogP contribution in [0.1, 0.15) is 13.2 Å². The molecule has 2 heterocycles. The first-order chi connectivity index (χ1) is 11.3. The fourth-order valence-electron chi connectivity index (χ4n) is 2.25. The number of nitrogens with zero attached hydrogens (tertiary/aromatic N) is 2. The molecule has 1 fully saturated rings. The van der Waals surface area contributed by atoms with Gasteiger partial charge in [0, 0.05) is 12.9 Å². The van der Waals surface area contributed by atoms with E-state index in [0.29, 0.717) is 0 Å². The average Bonchev–Trinajstić information content (AvgIpc) is 2.81. The number of ether oxygens (including phenoxy) is 1. The summed E-state index contributed by atoms with van der Waals surface area (Å²) < 4.78 is 28.4. The number of rotatable bonds is 7. The molecule has 0 aliphatic carbocycles. The zero-order valence-electron chi connectivity index (χ0n) is 13.1. The SMILES string of the molecule is CCOP(C)(=O)OC[C@H]1O[C@@H](n2ccc(NO)nc2=O)C(O)[C@H]1O. The van der Waals surface area contributed by atoms with Crippen LogP contribution < -0.4 is 11.2 Å². The van der Waals surface area contributed by atoms with Crippen molar-refractivity contribution in [2.24, 2.45) is 0 Å². The smallest absolute Gasteiger partial charge is 0.351 e. The van der Waals surface area contributed by atoms with Crippen molar-refractivity contribution in [1.29, 1.82) is 0 Å². The lowest BCUT2D eigenvalue weighted by molar-refractivity contribution is -0.0528. The second-order valence-corrected chi connectivity index (χ2v) is 7.20. The maximum atomic E-state index is 11.9. The Labute approximate surface area is 137 Å². The lowest BCUT2D eigenvalue weighted by Gasteiger charge is -2.18. The normalized spacial score (nSPS) is 29.4. The van der Waals surface area contributed by atoms with E-state index >= 15 is 0 Å². The molecule has 5 atom stereocenters. The van der Waals surface area contributed by atoms with Crippen molar-refractivity contribution in [2.45, 2.75) is 31.5 Å². The van der Waals surface area contributed by atoms with E-state index in [2.05, 4.69) is 4.98 Å². The van der Waals surface area contributed by atoms with Crippen LogP contribution in [0.4, 0.5) is 5.82 Å². The summed E-state index contributed by atoms with van der Waals surface area (Å²) in [5.41, 5.74) is 0.918. The van der Waals surface area contributed by atoms with Gasteiger partial charge in [0.05, 0.1) is 13.2 Å². The van der Waals surface area contributed by atoms with Crippen LogP contribution in [0.15, 0.2) is 17.1 Å². The van der Waals surface area contributed by atoms with Gasteiger partial charge in [-0.05, 0) is 13.0 Å². The Kier molecular flexibility index (Phi) is 6.10. The van der Waals surface area contributed by atoms with E-state index in [0.717, 1.165) is 4.57 Å². The Balaban J connectivity index is 2.10. The second-order valence-electron chi connectivity index (χ2n) is 5.15. The summed E-state index contributed by atoms with van der Waals surface area (Å²) in [5.74, 6) is -0.0761. The Hall–Kier alpha value is -1.33. The van der Waals surface area contributed by atoms with Crippen molar-refractivity contribution < 1.29 is 33.8 Å². The summed E-state index contributed by atoms with van der Waals surface area (Å²) in [5, 5.41) is 28.8. The number of aliphatic hydroxyl groups is 2. The molecular weight excluding hydrogens is 345 g/mol. The third kappa shape index (κ3) is 4.19. The zero-order valence-corrected chi connectivity index (χ0v) is 14.0. The minimum atomic E-state index is -3.29. The monoisotopic (exact) mass is 365 g/mol. The van der Waals surface area contributed by atoms with Crippen LogP contribution in [-0.2, 0) is 18.3 Å². The van der Waals surface area contributed by atoms with Crippen molar-refractivity contribution in [3.8, 4) is 0 Å². The van der Waals surface area contributed by atoms with E-state index in [9.17, 15) is 19.6 Å². The van der Waals surface area contributed by atoms with Crippen molar-refractivity contribution in [1.82, 2.24) is 9.55 Å². The second kappa shape index (κ2) is 7.70. The molecule has 0 spiro atoms. The summed E-state index contributed by atoms with van der Waals surface area (Å²) in [7, 11) is -3.29. The van der Waals surface area contributed by atoms with Gasteiger partial charge in [0.15, 0.2) is 12.0 Å². The van der Waals surface area contributed by atoms with Gasteiger partial charge in [-0.25, -0.2) is 4.79 Å². The van der Waals surface area contributed by atoms with E-state index in [1.807, 2.05) is 0 Å². The number of aromatic nitrogens is 2. The molecule has 12 heteroatoms. The molecule has 2 unspecified atom stereocenters. The van der Waals surface area contributed by atoms with E-state index in [1.165, 1.54) is 18.9 Å². The molecule has 1 aliphatic heterocycles. The third-order valence-electron chi connectivity index (χ3n) is 3.39. The Morgan fingerprint density at radius 1 is 1.42 bits per heavy atom. The minimum Gasteiger partial charge on any atom is -0.387 e. The number of nitrogens with one attached hydrogen (secondary N) is 1.